The minimum absolute atomic E-state index is 0.362. The monoisotopic (exact) mass is 244 g/mol. The highest BCUT2D eigenvalue weighted by atomic mass is 16.1. The first kappa shape index (κ1) is 13.3. The Bertz CT molecular complexity index is 431. The summed E-state index contributed by atoms with van der Waals surface area (Å²) in [6.07, 6.45) is 8.87. The third-order valence-electron chi connectivity index (χ3n) is 3.92. The molecule has 0 saturated heterocycles. The zero-order chi connectivity index (χ0) is 13.0. The van der Waals surface area contributed by atoms with Crippen molar-refractivity contribution in [2.24, 2.45) is 0 Å². The maximum atomic E-state index is 11.9. The van der Waals surface area contributed by atoms with E-state index in [2.05, 4.69) is 26.0 Å². The Morgan fingerprint density at radius 3 is 2.44 bits per heavy atom. The van der Waals surface area contributed by atoms with Gasteiger partial charge in [0.15, 0.2) is 5.78 Å². The Balaban J connectivity index is 2.28. The average Bonchev–Trinajstić information content (AvgIpc) is 2.75. The molecule has 1 aromatic carbocycles. The Labute approximate surface area is 111 Å². The molecule has 1 aromatic rings. The molecule has 0 amide bonds. The average molecular weight is 244 g/mol. The fraction of sp³-hybridized carbons (Fsp3) is 0.588. The summed E-state index contributed by atoms with van der Waals surface area (Å²) in [5.74, 6) is 0.362. The number of aryl methyl sites for hydroxylation is 2. The zero-order valence-electron chi connectivity index (χ0n) is 11.7. The molecule has 1 heteroatoms. The molecule has 0 bridgehead atoms. The van der Waals surface area contributed by atoms with Gasteiger partial charge in [-0.3, -0.25) is 4.79 Å². The maximum Gasteiger partial charge on any atom is 0.163 e. The highest BCUT2D eigenvalue weighted by molar-refractivity contribution is 6.01. The Morgan fingerprint density at radius 1 is 1.00 bits per heavy atom. The standard InChI is InChI=1S/C17H24O/c1-3-5-7-13-11-14(8-6-4-2)15-9-10-17(18)16(15)12-13/h11-12H,3-10H2,1-2H3. The topological polar surface area (TPSA) is 17.1 Å². The Kier molecular flexibility index (Phi) is 4.57. The van der Waals surface area contributed by atoms with Crippen LogP contribution >= 0.6 is 0 Å². The second-order valence-corrected chi connectivity index (χ2v) is 5.41. The first-order chi connectivity index (χ1) is 8.76. The van der Waals surface area contributed by atoms with Gasteiger partial charge in [0.05, 0.1) is 0 Å². The van der Waals surface area contributed by atoms with Crippen LogP contribution in [0, 0.1) is 0 Å². The predicted molar refractivity (Wildman–Crippen MR) is 76.3 cm³/mol. The Hall–Kier alpha value is -1.11. The van der Waals surface area contributed by atoms with Crippen LogP contribution in [-0.4, -0.2) is 5.78 Å². The van der Waals surface area contributed by atoms with E-state index in [4.69, 9.17) is 0 Å². The second kappa shape index (κ2) is 6.17. The van der Waals surface area contributed by atoms with Crippen molar-refractivity contribution in [3.63, 3.8) is 0 Å². The van der Waals surface area contributed by atoms with Crippen LogP contribution in [0.25, 0.3) is 0 Å². The van der Waals surface area contributed by atoms with Crippen molar-refractivity contribution < 1.29 is 4.79 Å². The molecule has 0 radical (unpaired) electrons. The van der Waals surface area contributed by atoms with E-state index in [1.807, 2.05) is 0 Å². The zero-order valence-corrected chi connectivity index (χ0v) is 11.7. The largest absolute Gasteiger partial charge is 0.294 e. The van der Waals surface area contributed by atoms with Crippen LogP contribution in [0.3, 0.4) is 0 Å². The molecule has 0 aromatic heterocycles. The number of ketones is 1. The van der Waals surface area contributed by atoms with Gasteiger partial charge in [-0.2, -0.15) is 0 Å². The van der Waals surface area contributed by atoms with Gasteiger partial charge in [-0.25, -0.2) is 0 Å². The fourth-order valence-corrected chi connectivity index (χ4v) is 2.83. The number of hydrogen-bond donors (Lipinski definition) is 0. The number of hydrogen-bond acceptors (Lipinski definition) is 1. The van der Waals surface area contributed by atoms with E-state index in [1.54, 1.807) is 0 Å². The number of fused-ring (bicyclic) bond motifs is 1. The molecular formula is C17H24O. The predicted octanol–water partition coefficient (Wildman–Crippen LogP) is 4.50. The first-order valence-electron chi connectivity index (χ1n) is 7.44. The van der Waals surface area contributed by atoms with Crippen molar-refractivity contribution in [3.05, 3.63) is 34.4 Å². The number of carbonyl (C=O) groups excluding carboxylic acids is 1. The minimum Gasteiger partial charge on any atom is -0.294 e. The summed E-state index contributed by atoms with van der Waals surface area (Å²) in [4.78, 5) is 11.9. The van der Waals surface area contributed by atoms with Crippen molar-refractivity contribution in [1.82, 2.24) is 0 Å². The van der Waals surface area contributed by atoms with E-state index in [1.165, 1.54) is 42.4 Å². The van der Waals surface area contributed by atoms with Crippen LogP contribution in [0.5, 0.6) is 0 Å². The number of unbranched alkanes of at least 4 members (excludes halogenated alkanes) is 2. The van der Waals surface area contributed by atoms with Gasteiger partial charge in [-0.1, -0.05) is 32.8 Å². The third kappa shape index (κ3) is 2.82. The van der Waals surface area contributed by atoms with Crippen molar-refractivity contribution in [2.75, 3.05) is 0 Å². The van der Waals surface area contributed by atoms with Crippen LogP contribution in [-0.2, 0) is 19.3 Å². The van der Waals surface area contributed by atoms with Crippen LogP contribution in [0.15, 0.2) is 12.1 Å². The van der Waals surface area contributed by atoms with E-state index in [9.17, 15) is 4.79 Å². The minimum atomic E-state index is 0.362. The van der Waals surface area contributed by atoms with Crippen LogP contribution in [0.4, 0.5) is 0 Å². The van der Waals surface area contributed by atoms with Crippen molar-refractivity contribution in [1.29, 1.82) is 0 Å². The molecule has 0 atom stereocenters. The van der Waals surface area contributed by atoms with Gasteiger partial charge in [0, 0.05) is 12.0 Å². The number of benzene rings is 1. The molecule has 98 valence electrons. The van der Waals surface area contributed by atoms with Gasteiger partial charge >= 0.3 is 0 Å². The van der Waals surface area contributed by atoms with Gasteiger partial charge in [0.1, 0.15) is 0 Å². The normalized spacial score (nSPS) is 14.0. The van der Waals surface area contributed by atoms with Gasteiger partial charge in [0.25, 0.3) is 0 Å². The summed E-state index contributed by atoms with van der Waals surface area (Å²) in [7, 11) is 0. The Morgan fingerprint density at radius 2 is 1.72 bits per heavy atom. The van der Waals surface area contributed by atoms with Crippen molar-refractivity contribution >= 4 is 5.78 Å². The lowest BCUT2D eigenvalue weighted by atomic mass is 9.94. The molecule has 0 unspecified atom stereocenters. The summed E-state index contributed by atoms with van der Waals surface area (Å²) in [5.41, 5.74) is 5.21. The SMILES string of the molecule is CCCCc1cc(CCCC)c2c(c1)C(=O)CC2. The lowest BCUT2D eigenvalue weighted by Gasteiger charge is -2.11. The fourth-order valence-electron chi connectivity index (χ4n) is 2.83. The summed E-state index contributed by atoms with van der Waals surface area (Å²) in [6.45, 7) is 4.45. The molecular weight excluding hydrogens is 220 g/mol. The highest BCUT2D eigenvalue weighted by Crippen LogP contribution is 2.28. The van der Waals surface area contributed by atoms with Crippen LogP contribution < -0.4 is 0 Å². The van der Waals surface area contributed by atoms with Crippen LogP contribution in [0.2, 0.25) is 0 Å². The van der Waals surface area contributed by atoms with Gasteiger partial charge in [-0.15, -0.1) is 0 Å². The summed E-state index contributed by atoms with van der Waals surface area (Å²) < 4.78 is 0. The summed E-state index contributed by atoms with van der Waals surface area (Å²) in [6, 6.07) is 4.53. The summed E-state index contributed by atoms with van der Waals surface area (Å²) >= 11 is 0. The molecule has 0 fully saturated rings. The van der Waals surface area contributed by atoms with E-state index in [0.717, 1.165) is 31.2 Å². The molecule has 1 aliphatic rings. The first-order valence-corrected chi connectivity index (χ1v) is 7.44. The molecule has 0 spiro atoms. The molecule has 0 saturated carbocycles. The number of Topliss-reactive ketones (excluding diaryl/α,β-unsaturated/α-hetero) is 1. The lowest BCUT2D eigenvalue weighted by Crippen LogP contribution is -1.99. The van der Waals surface area contributed by atoms with E-state index >= 15 is 0 Å². The third-order valence-corrected chi connectivity index (χ3v) is 3.92. The molecule has 0 aliphatic heterocycles. The molecule has 18 heavy (non-hydrogen) atoms. The second-order valence-electron chi connectivity index (χ2n) is 5.41. The van der Waals surface area contributed by atoms with Gasteiger partial charge < -0.3 is 0 Å². The number of rotatable bonds is 6. The van der Waals surface area contributed by atoms with Crippen LogP contribution in [0.1, 0.15) is 73.0 Å². The summed E-state index contributed by atoms with van der Waals surface area (Å²) in [5, 5.41) is 0. The molecule has 1 nitrogen and oxygen atoms in total. The van der Waals surface area contributed by atoms with E-state index in [0.29, 0.717) is 5.78 Å². The molecule has 0 heterocycles. The van der Waals surface area contributed by atoms with Gasteiger partial charge in [0.2, 0.25) is 0 Å². The molecule has 1 aliphatic carbocycles. The lowest BCUT2D eigenvalue weighted by molar-refractivity contribution is 0.0994. The molecule has 2 rings (SSSR count). The molecule has 0 N–H and O–H groups in total. The quantitative estimate of drug-likeness (QED) is 0.720. The maximum absolute atomic E-state index is 11.9. The van der Waals surface area contributed by atoms with E-state index < -0.39 is 0 Å². The van der Waals surface area contributed by atoms with Gasteiger partial charge in [-0.05, 0) is 54.9 Å². The smallest absolute Gasteiger partial charge is 0.163 e. The van der Waals surface area contributed by atoms with Crippen molar-refractivity contribution in [3.8, 4) is 0 Å². The van der Waals surface area contributed by atoms with E-state index in [-0.39, 0.29) is 0 Å². The van der Waals surface area contributed by atoms with Crippen molar-refractivity contribution in [2.45, 2.75) is 65.2 Å². The number of carbonyl (C=O) groups is 1. The highest BCUT2D eigenvalue weighted by Gasteiger charge is 2.22.